The van der Waals surface area contributed by atoms with Crippen molar-refractivity contribution in [1.29, 1.82) is 0 Å². The van der Waals surface area contributed by atoms with Crippen LogP contribution in [0.5, 0.6) is 0 Å². The van der Waals surface area contributed by atoms with Gasteiger partial charge in [-0.3, -0.25) is 0 Å². The molecule has 0 heterocycles. The molecule has 0 bridgehead atoms. The van der Waals surface area contributed by atoms with Gasteiger partial charge in [0.1, 0.15) is 0 Å². The molecule has 2 aromatic rings. The van der Waals surface area contributed by atoms with Crippen LogP contribution in [-0.4, -0.2) is 22.2 Å². The van der Waals surface area contributed by atoms with Crippen LogP contribution in [0.1, 0.15) is 39.6 Å². The summed E-state index contributed by atoms with van der Waals surface area (Å²) in [5.41, 5.74) is 1.93. The maximum atomic E-state index is 11.4. The summed E-state index contributed by atoms with van der Waals surface area (Å²) in [7, 11) is 0. The molecule has 4 heteroatoms. The molecular weight excluding hydrogens is 268 g/mol. The Hall–Kier alpha value is -2.62. The summed E-state index contributed by atoms with van der Waals surface area (Å²) in [6.45, 7) is 2.09. The first-order valence-corrected chi connectivity index (χ1v) is 6.73. The van der Waals surface area contributed by atoms with Gasteiger partial charge in [0.05, 0.1) is 11.1 Å². The molecule has 0 aromatic heterocycles. The van der Waals surface area contributed by atoms with Crippen LogP contribution >= 0.6 is 0 Å². The third kappa shape index (κ3) is 3.11. The van der Waals surface area contributed by atoms with Gasteiger partial charge in [-0.05, 0) is 29.2 Å². The molecule has 0 atom stereocenters. The van der Waals surface area contributed by atoms with Crippen LogP contribution in [0.2, 0.25) is 0 Å². The van der Waals surface area contributed by atoms with Gasteiger partial charge in [0.2, 0.25) is 0 Å². The summed E-state index contributed by atoms with van der Waals surface area (Å²) in [5, 5.41) is 18.5. The molecule has 0 aliphatic rings. The van der Waals surface area contributed by atoms with Crippen LogP contribution in [0.3, 0.4) is 0 Å². The van der Waals surface area contributed by atoms with Crippen LogP contribution in [0.25, 0.3) is 11.1 Å². The van der Waals surface area contributed by atoms with E-state index >= 15 is 0 Å². The van der Waals surface area contributed by atoms with Crippen LogP contribution in [0, 0.1) is 0 Å². The van der Waals surface area contributed by atoms with Gasteiger partial charge in [-0.15, -0.1) is 0 Å². The summed E-state index contributed by atoms with van der Waals surface area (Å²) in [6, 6.07) is 12.0. The highest BCUT2D eigenvalue weighted by Gasteiger charge is 2.20. The molecule has 0 aliphatic carbocycles. The Morgan fingerprint density at radius 2 is 1.62 bits per heavy atom. The van der Waals surface area contributed by atoms with Crippen molar-refractivity contribution in [2.75, 3.05) is 0 Å². The summed E-state index contributed by atoms with van der Waals surface area (Å²) in [4.78, 5) is 22.6. The van der Waals surface area contributed by atoms with Gasteiger partial charge in [-0.1, -0.05) is 49.7 Å². The second-order valence-electron chi connectivity index (χ2n) is 4.79. The molecule has 0 aliphatic heterocycles. The van der Waals surface area contributed by atoms with Crippen LogP contribution in [0.4, 0.5) is 0 Å². The molecule has 0 radical (unpaired) electrons. The van der Waals surface area contributed by atoms with Crippen molar-refractivity contribution in [3.63, 3.8) is 0 Å². The second kappa shape index (κ2) is 6.22. The molecule has 4 nitrogen and oxygen atoms in total. The van der Waals surface area contributed by atoms with Gasteiger partial charge in [-0.25, -0.2) is 9.59 Å². The summed E-state index contributed by atoms with van der Waals surface area (Å²) < 4.78 is 0. The van der Waals surface area contributed by atoms with Gasteiger partial charge in [0.25, 0.3) is 0 Å². The number of hydrogen-bond donors (Lipinski definition) is 2. The number of hydrogen-bond acceptors (Lipinski definition) is 2. The number of aromatic carboxylic acids is 2. The number of benzene rings is 2. The van der Waals surface area contributed by atoms with Crippen molar-refractivity contribution in [3.05, 3.63) is 59.2 Å². The zero-order valence-corrected chi connectivity index (χ0v) is 11.7. The lowest BCUT2D eigenvalue weighted by Gasteiger charge is -2.10. The highest BCUT2D eigenvalue weighted by Crippen LogP contribution is 2.27. The Kier molecular flexibility index (Phi) is 4.38. The highest BCUT2D eigenvalue weighted by molar-refractivity contribution is 6.06. The van der Waals surface area contributed by atoms with E-state index in [0.29, 0.717) is 11.1 Å². The molecular formula is C17H16O4. The van der Waals surface area contributed by atoms with Crippen molar-refractivity contribution in [1.82, 2.24) is 0 Å². The van der Waals surface area contributed by atoms with Gasteiger partial charge in [0, 0.05) is 0 Å². The summed E-state index contributed by atoms with van der Waals surface area (Å²) in [5.74, 6) is -2.47. The molecule has 108 valence electrons. The topological polar surface area (TPSA) is 74.6 Å². The smallest absolute Gasteiger partial charge is 0.337 e. The average molecular weight is 284 g/mol. The van der Waals surface area contributed by atoms with Crippen molar-refractivity contribution in [2.45, 2.75) is 19.8 Å². The van der Waals surface area contributed by atoms with Gasteiger partial charge < -0.3 is 10.2 Å². The van der Waals surface area contributed by atoms with Gasteiger partial charge in [0.15, 0.2) is 0 Å². The number of rotatable bonds is 5. The minimum atomic E-state index is -1.24. The molecule has 0 unspecified atom stereocenters. The standard InChI is InChI=1S/C17H16O4/c1-2-4-11-7-9-12(10-8-11)13-5-3-6-14(16(18)19)15(13)17(20)21/h3,5-10H,2,4H2,1H3,(H,18,19)(H,20,21). The largest absolute Gasteiger partial charge is 0.478 e. The predicted molar refractivity (Wildman–Crippen MR) is 79.8 cm³/mol. The van der Waals surface area contributed by atoms with E-state index in [0.717, 1.165) is 12.8 Å². The predicted octanol–water partition coefficient (Wildman–Crippen LogP) is 3.70. The zero-order valence-electron chi connectivity index (χ0n) is 11.7. The third-order valence-corrected chi connectivity index (χ3v) is 3.31. The van der Waals surface area contributed by atoms with Crippen LogP contribution < -0.4 is 0 Å². The Balaban J connectivity index is 2.55. The molecule has 2 rings (SSSR count). The first kappa shape index (κ1) is 14.8. The van der Waals surface area contributed by atoms with E-state index < -0.39 is 11.9 Å². The second-order valence-corrected chi connectivity index (χ2v) is 4.79. The third-order valence-electron chi connectivity index (χ3n) is 3.31. The maximum absolute atomic E-state index is 11.4. The van der Waals surface area contributed by atoms with E-state index in [-0.39, 0.29) is 11.1 Å². The van der Waals surface area contributed by atoms with E-state index in [2.05, 4.69) is 6.92 Å². The molecule has 0 saturated carbocycles. The minimum Gasteiger partial charge on any atom is -0.478 e. The van der Waals surface area contributed by atoms with Crippen LogP contribution in [-0.2, 0) is 6.42 Å². The molecule has 0 spiro atoms. The molecule has 21 heavy (non-hydrogen) atoms. The summed E-state index contributed by atoms with van der Waals surface area (Å²) in [6.07, 6.45) is 2.00. The lowest BCUT2D eigenvalue weighted by atomic mass is 9.94. The Bertz CT molecular complexity index is 672. The molecule has 0 saturated heterocycles. The van der Waals surface area contributed by atoms with Crippen molar-refractivity contribution < 1.29 is 19.8 Å². The van der Waals surface area contributed by atoms with E-state index in [4.69, 9.17) is 5.11 Å². The maximum Gasteiger partial charge on any atom is 0.337 e. The first-order chi connectivity index (χ1) is 10.0. The SMILES string of the molecule is CCCc1ccc(-c2cccc(C(=O)O)c2C(=O)O)cc1. The Morgan fingerprint density at radius 3 is 2.14 bits per heavy atom. The number of carbonyl (C=O) groups is 2. The van der Waals surface area contributed by atoms with E-state index in [1.54, 1.807) is 12.1 Å². The monoisotopic (exact) mass is 284 g/mol. The fourth-order valence-electron chi connectivity index (χ4n) is 2.34. The molecule has 0 fully saturated rings. The Labute approximate surface area is 122 Å². The number of carboxylic acid groups (broad SMARTS) is 2. The molecule has 2 aromatic carbocycles. The summed E-state index contributed by atoms with van der Waals surface area (Å²) >= 11 is 0. The van der Waals surface area contributed by atoms with E-state index in [9.17, 15) is 14.7 Å². The van der Waals surface area contributed by atoms with Gasteiger partial charge >= 0.3 is 11.9 Å². The number of aryl methyl sites for hydroxylation is 1. The molecule has 0 amide bonds. The first-order valence-electron chi connectivity index (χ1n) is 6.73. The highest BCUT2D eigenvalue weighted by atomic mass is 16.4. The average Bonchev–Trinajstić information content (AvgIpc) is 2.47. The van der Waals surface area contributed by atoms with E-state index in [1.807, 2.05) is 24.3 Å². The number of carboxylic acids is 2. The van der Waals surface area contributed by atoms with Crippen molar-refractivity contribution in [3.8, 4) is 11.1 Å². The van der Waals surface area contributed by atoms with E-state index in [1.165, 1.54) is 11.6 Å². The minimum absolute atomic E-state index is 0.173. The Morgan fingerprint density at radius 1 is 0.952 bits per heavy atom. The normalized spacial score (nSPS) is 10.3. The quantitative estimate of drug-likeness (QED) is 0.877. The fraction of sp³-hybridized carbons (Fsp3) is 0.176. The molecule has 2 N–H and O–H groups in total. The van der Waals surface area contributed by atoms with Crippen molar-refractivity contribution >= 4 is 11.9 Å². The van der Waals surface area contributed by atoms with Crippen molar-refractivity contribution in [2.24, 2.45) is 0 Å². The van der Waals surface area contributed by atoms with Crippen LogP contribution in [0.15, 0.2) is 42.5 Å². The zero-order chi connectivity index (χ0) is 15.4. The fourth-order valence-corrected chi connectivity index (χ4v) is 2.34. The van der Waals surface area contributed by atoms with Gasteiger partial charge in [-0.2, -0.15) is 0 Å². The lowest BCUT2D eigenvalue weighted by Crippen LogP contribution is -2.09. The lowest BCUT2D eigenvalue weighted by molar-refractivity contribution is 0.0652.